The quantitative estimate of drug-likeness (QED) is 0.447. The van der Waals surface area contributed by atoms with Crippen LogP contribution >= 0.6 is 0 Å². The minimum atomic E-state index is -0.869. The van der Waals surface area contributed by atoms with Crippen LogP contribution < -0.4 is 5.32 Å². The summed E-state index contributed by atoms with van der Waals surface area (Å²) in [5, 5.41) is 2.83. The molecule has 26 heavy (non-hydrogen) atoms. The summed E-state index contributed by atoms with van der Waals surface area (Å²) in [4.78, 5) is 37.1. The zero-order valence-corrected chi connectivity index (χ0v) is 14.8. The topological polar surface area (TPSA) is 94.2 Å². The summed E-state index contributed by atoms with van der Waals surface area (Å²) in [6.45, 7) is 1.85. The third kappa shape index (κ3) is 5.23. The van der Waals surface area contributed by atoms with Crippen molar-refractivity contribution in [2.24, 2.45) is 0 Å². The van der Waals surface area contributed by atoms with Crippen molar-refractivity contribution in [2.75, 3.05) is 20.4 Å². The van der Waals surface area contributed by atoms with E-state index in [9.17, 15) is 14.4 Å². The monoisotopic (exact) mass is 362 g/mol. The Bertz CT molecular complexity index is 674. The predicted octanol–water partition coefficient (Wildman–Crippen LogP) is 1.56. The second-order valence-electron chi connectivity index (χ2n) is 5.49. The van der Waals surface area contributed by atoms with Crippen molar-refractivity contribution in [1.29, 1.82) is 0 Å². The van der Waals surface area contributed by atoms with E-state index >= 15 is 0 Å². The number of amides is 1. The van der Waals surface area contributed by atoms with E-state index < -0.39 is 24.1 Å². The number of nitrogens with one attached hydrogen (secondary N) is 1. The number of nitrogens with zero attached hydrogens (tertiary/aromatic N) is 1. The van der Waals surface area contributed by atoms with Crippen LogP contribution in [0.3, 0.4) is 0 Å². The lowest BCUT2D eigenvalue weighted by Crippen LogP contribution is -2.39. The molecule has 0 aromatic heterocycles. The van der Waals surface area contributed by atoms with Gasteiger partial charge in [-0.15, -0.1) is 0 Å². The lowest BCUT2D eigenvalue weighted by Gasteiger charge is -2.20. The molecule has 2 rings (SSSR count). The van der Waals surface area contributed by atoms with Crippen LogP contribution in [0.4, 0.5) is 4.79 Å². The van der Waals surface area contributed by atoms with Gasteiger partial charge in [0, 0.05) is 25.2 Å². The third-order valence-corrected chi connectivity index (χ3v) is 3.75. The van der Waals surface area contributed by atoms with Crippen LogP contribution in [-0.2, 0) is 30.4 Å². The Balaban J connectivity index is 2.00. The number of cyclic esters (lactones) is 1. The molecule has 140 valence electrons. The Hall–Kier alpha value is -3.03. The lowest BCUT2D eigenvalue weighted by atomic mass is 10.1. The minimum absolute atomic E-state index is 0.0918. The van der Waals surface area contributed by atoms with Crippen LogP contribution in [-0.4, -0.2) is 49.4 Å². The third-order valence-electron chi connectivity index (χ3n) is 3.75. The Kier molecular flexibility index (Phi) is 7.02. The molecule has 1 heterocycles. The average molecular weight is 362 g/mol. The summed E-state index contributed by atoms with van der Waals surface area (Å²) in [6, 6.07) is 8.34. The Morgan fingerprint density at radius 1 is 1.31 bits per heavy atom. The van der Waals surface area contributed by atoms with Gasteiger partial charge >= 0.3 is 18.0 Å². The van der Waals surface area contributed by atoms with Gasteiger partial charge in [-0.2, -0.15) is 0 Å². The van der Waals surface area contributed by atoms with Crippen molar-refractivity contribution < 1.29 is 28.6 Å². The van der Waals surface area contributed by atoms with Gasteiger partial charge in [-0.1, -0.05) is 30.3 Å². The maximum absolute atomic E-state index is 12.3. The molecule has 1 atom stereocenters. The van der Waals surface area contributed by atoms with Crippen LogP contribution in [0.15, 0.2) is 42.1 Å². The van der Waals surface area contributed by atoms with Crippen molar-refractivity contribution in [3.8, 4) is 0 Å². The minimum Gasteiger partial charge on any atom is -0.463 e. The zero-order valence-electron chi connectivity index (χ0n) is 14.8. The van der Waals surface area contributed by atoms with E-state index in [4.69, 9.17) is 14.2 Å². The van der Waals surface area contributed by atoms with Crippen LogP contribution in [0.25, 0.3) is 0 Å². The standard InChI is InChI=1S/C18H22N2O6/c1-3-24-16(21)10-14(19-2)9-15-17(22)26-12-20(15)18(23)25-11-13-7-5-4-6-8-13/h4-8,10,15,19H,3,9,11-12H2,1-2H3/b14-10+/t15-/m0/s1. The van der Waals surface area contributed by atoms with E-state index in [-0.39, 0.29) is 26.4 Å². The fourth-order valence-corrected chi connectivity index (χ4v) is 2.39. The van der Waals surface area contributed by atoms with Crippen molar-refractivity contribution in [3.63, 3.8) is 0 Å². The molecule has 1 N–H and O–H groups in total. The smallest absolute Gasteiger partial charge is 0.413 e. The summed E-state index contributed by atoms with van der Waals surface area (Å²) < 4.78 is 15.1. The molecule has 8 nitrogen and oxygen atoms in total. The summed E-state index contributed by atoms with van der Waals surface area (Å²) >= 11 is 0. The number of carbonyl (C=O) groups is 3. The molecule has 0 unspecified atom stereocenters. The Morgan fingerprint density at radius 2 is 2.04 bits per heavy atom. The molecule has 8 heteroatoms. The number of rotatable bonds is 7. The summed E-state index contributed by atoms with van der Waals surface area (Å²) in [5.74, 6) is -1.08. The fourth-order valence-electron chi connectivity index (χ4n) is 2.39. The van der Waals surface area contributed by atoms with Gasteiger partial charge in [0.05, 0.1) is 6.61 Å². The number of ether oxygens (including phenoxy) is 3. The van der Waals surface area contributed by atoms with Gasteiger partial charge < -0.3 is 19.5 Å². The van der Waals surface area contributed by atoms with Gasteiger partial charge in [-0.25, -0.2) is 14.4 Å². The highest BCUT2D eigenvalue weighted by atomic mass is 16.6. The lowest BCUT2D eigenvalue weighted by molar-refractivity contribution is -0.139. The highest BCUT2D eigenvalue weighted by Gasteiger charge is 2.39. The van der Waals surface area contributed by atoms with Crippen molar-refractivity contribution in [1.82, 2.24) is 10.2 Å². The molecular weight excluding hydrogens is 340 g/mol. The maximum atomic E-state index is 12.3. The number of hydrogen-bond donors (Lipinski definition) is 1. The summed E-state index contributed by atoms with van der Waals surface area (Å²) in [6.07, 6.45) is 0.688. The molecule has 1 saturated heterocycles. The molecule has 1 fully saturated rings. The van der Waals surface area contributed by atoms with Crippen LogP contribution in [0.5, 0.6) is 0 Å². The van der Waals surface area contributed by atoms with Gasteiger partial charge in [0.1, 0.15) is 12.6 Å². The highest BCUT2D eigenvalue weighted by molar-refractivity contribution is 5.85. The van der Waals surface area contributed by atoms with Crippen LogP contribution in [0, 0.1) is 0 Å². The first kappa shape index (κ1) is 19.3. The van der Waals surface area contributed by atoms with E-state index in [2.05, 4.69) is 5.32 Å². The van der Waals surface area contributed by atoms with E-state index in [0.717, 1.165) is 5.56 Å². The number of carbonyl (C=O) groups excluding carboxylic acids is 3. The van der Waals surface area contributed by atoms with Gasteiger partial charge in [-0.05, 0) is 12.5 Å². The zero-order chi connectivity index (χ0) is 18.9. The van der Waals surface area contributed by atoms with E-state index in [1.165, 1.54) is 11.0 Å². The van der Waals surface area contributed by atoms with E-state index in [0.29, 0.717) is 5.70 Å². The van der Waals surface area contributed by atoms with E-state index in [1.807, 2.05) is 30.3 Å². The second kappa shape index (κ2) is 9.45. The molecule has 1 aliphatic heterocycles. The normalized spacial score (nSPS) is 16.8. The number of hydrogen-bond acceptors (Lipinski definition) is 7. The molecule has 1 aliphatic rings. The van der Waals surface area contributed by atoms with Crippen LogP contribution in [0.1, 0.15) is 18.9 Å². The van der Waals surface area contributed by atoms with Gasteiger partial charge in [0.25, 0.3) is 0 Å². The van der Waals surface area contributed by atoms with Crippen molar-refractivity contribution >= 4 is 18.0 Å². The average Bonchev–Trinajstić information content (AvgIpc) is 3.00. The second-order valence-corrected chi connectivity index (χ2v) is 5.49. The first-order chi connectivity index (χ1) is 12.5. The van der Waals surface area contributed by atoms with E-state index in [1.54, 1.807) is 14.0 Å². The summed E-state index contributed by atoms with van der Waals surface area (Å²) in [5.41, 5.74) is 1.29. The molecule has 0 radical (unpaired) electrons. The van der Waals surface area contributed by atoms with Gasteiger partial charge in [0.2, 0.25) is 0 Å². The predicted molar refractivity (Wildman–Crippen MR) is 91.6 cm³/mol. The molecule has 0 aliphatic carbocycles. The molecule has 1 aromatic rings. The Labute approximate surface area is 151 Å². The first-order valence-corrected chi connectivity index (χ1v) is 8.24. The van der Waals surface area contributed by atoms with Crippen molar-refractivity contribution in [3.05, 3.63) is 47.7 Å². The maximum Gasteiger partial charge on any atom is 0.413 e. The SMILES string of the molecule is CCOC(=O)/C=C(\C[C@H]1C(=O)OCN1C(=O)OCc1ccccc1)NC. The van der Waals surface area contributed by atoms with Crippen molar-refractivity contribution in [2.45, 2.75) is 26.0 Å². The fraction of sp³-hybridized carbons (Fsp3) is 0.389. The molecule has 1 amide bonds. The molecule has 0 bridgehead atoms. The highest BCUT2D eigenvalue weighted by Crippen LogP contribution is 2.19. The van der Waals surface area contributed by atoms with Gasteiger partial charge in [-0.3, -0.25) is 4.90 Å². The van der Waals surface area contributed by atoms with Gasteiger partial charge in [0.15, 0.2) is 6.73 Å². The van der Waals surface area contributed by atoms with Crippen LogP contribution in [0.2, 0.25) is 0 Å². The molecular formula is C18H22N2O6. The molecule has 0 spiro atoms. The largest absolute Gasteiger partial charge is 0.463 e. The first-order valence-electron chi connectivity index (χ1n) is 8.24. The summed E-state index contributed by atoms with van der Waals surface area (Å²) in [7, 11) is 1.61. The number of esters is 2. The Morgan fingerprint density at radius 3 is 2.69 bits per heavy atom. The molecule has 0 saturated carbocycles. The molecule has 1 aromatic carbocycles. The number of benzene rings is 1.